The zero-order chi connectivity index (χ0) is 8.27. The number of rotatable bonds is 2. The summed E-state index contributed by atoms with van der Waals surface area (Å²) < 4.78 is 17.1. The Bertz CT molecular complexity index is 245. The van der Waals surface area contributed by atoms with Crippen molar-refractivity contribution in [3.8, 4) is 6.07 Å². The van der Waals surface area contributed by atoms with E-state index in [1.54, 1.807) is 0 Å². The van der Waals surface area contributed by atoms with Gasteiger partial charge in [0.25, 0.3) is 0 Å². The lowest BCUT2D eigenvalue weighted by Gasteiger charge is -2.02. The standard InChI is InChI=1S/C4H6N4O2S/c5-2-1-3(6)4-7-10-11(9)8-4/h3H,1,6H2,(H,7,8)/t3-,11?/m0/s1. The highest BCUT2D eigenvalue weighted by Crippen LogP contribution is 1.98. The van der Waals surface area contributed by atoms with Gasteiger partial charge in [-0.25, -0.2) is 0 Å². The Morgan fingerprint density at radius 3 is 3.18 bits per heavy atom. The first-order chi connectivity index (χ1) is 5.24. The summed E-state index contributed by atoms with van der Waals surface area (Å²) in [6.07, 6.45) is 0.117. The van der Waals surface area contributed by atoms with Crippen molar-refractivity contribution >= 4 is 17.1 Å². The molecule has 1 unspecified atom stereocenters. The monoisotopic (exact) mass is 174 g/mol. The molecule has 0 aromatic rings. The van der Waals surface area contributed by atoms with Crippen LogP contribution in [0.5, 0.6) is 0 Å². The minimum Gasteiger partial charge on any atom is -0.320 e. The van der Waals surface area contributed by atoms with E-state index in [2.05, 4.69) is 14.2 Å². The molecule has 1 aliphatic heterocycles. The van der Waals surface area contributed by atoms with E-state index in [0.717, 1.165) is 0 Å². The molecule has 0 aromatic heterocycles. The lowest BCUT2D eigenvalue weighted by atomic mass is 10.2. The summed E-state index contributed by atoms with van der Waals surface area (Å²) >= 11 is -1.62. The van der Waals surface area contributed by atoms with E-state index in [0.29, 0.717) is 0 Å². The van der Waals surface area contributed by atoms with Gasteiger partial charge in [0.15, 0.2) is 5.84 Å². The molecular formula is C4H6N4O2S. The van der Waals surface area contributed by atoms with Crippen LogP contribution in [0.15, 0.2) is 5.16 Å². The fraction of sp³-hybridized carbons (Fsp3) is 0.500. The number of oxime groups is 1. The van der Waals surface area contributed by atoms with E-state index < -0.39 is 17.3 Å². The number of hydrogen-bond acceptors (Lipinski definition) is 5. The van der Waals surface area contributed by atoms with Crippen molar-refractivity contribution in [2.75, 3.05) is 0 Å². The Morgan fingerprint density at radius 1 is 2.00 bits per heavy atom. The van der Waals surface area contributed by atoms with Gasteiger partial charge in [-0.15, -0.1) is 0 Å². The van der Waals surface area contributed by atoms with E-state index >= 15 is 0 Å². The summed E-state index contributed by atoms with van der Waals surface area (Å²) in [5.74, 6) is 0.255. The lowest BCUT2D eigenvalue weighted by Crippen LogP contribution is -2.37. The van der Waals surface area contributed by atoms with Crippen molar-refractivity contribution in [1.82, 2.24) is 4.72 Å². The van der Waals surface area contributed by atoms with Crippen LogP contribution >= 0.6 is 0 Å². The van der Waals surface area contributed by atoms with Gasteiger partial charge >= 0.3 is 11.3 Å². The van der Waals surface area contributed by atoms with Crippen molar-refractivity contribution in [1.29, 1.82) is 5.26 Å². The molecule has 3 N–H and O–H groups in total. The molecule has 60 valence electrons. The molecule has 0 radical (unpaired) electrons. The molecule has 0 bridgehead atoms. The average molecular weight is 174 g/mol. The molecule has 1 heterocycles. The molecule has 0 amide bonds. The molecule has 2 atom stereocenters. The summed E-state index contributed by atoms with van der Waals surface area (Å²) in [5, 5.41) is 11.6. The molecule has 1 aliphatic rings. The van der Waals surface area contributed by atoms with Crippen LogP contribution in [0.3, 0.4) is 0 Å². The van der Waals surface area contributed by atoms with Gasteiger partial charge in [-0.05, 0) is 5.16 Å². The molecule has 0 aromatic carbocycles. The van der Waals surface area contributed by atoms with Crippen molar-refractivity contribution in [3.05, 3.63) is 0 Å². The van der Waals surface area contributed by atoms with Gasteiger partial charge < -0.3 is 5.73 Å². The molecule has 1 rings (SSSR count). The summed E-state index contributed by atoms with van der Waals surface area (Å²) in [6, 6.07) is 1.31. The van der Waals surface area contributed by atoms with Crippen molar-refractivity contribution in [3.63, 3.8) is 0 Å². The van der Waals surface area contributed by atoms with Gasteiger partial charge in [-0.2, -0.15) is 9.47 Å². The van der Waals surface area contributed by atoms with Crippen LogP contribution < -0.4 is 10.5 Å². The third-order valence-corrected chi connectivity index (χ3v) is 1.64. The summed E-state index contributed by atoms with van der Waals surface area (Å²) in [6.45, 7) is 0. The normalized spacial score (nSPS) is 24.4. The van der Waals surface area contributed by atoms with Gasteiger partial charge in [0.05, 0.1) is 18.5 Å². The molecule has 0 fully saturated rings. The number of hydrogen-bond donors (Lipinski definition) is 2. The largest absolute Gasteiger partial charge is 0.338 e. The van der Waals surface area contributed by atoms with Gasteiger partial charge in [0, 0.05) is 0 Å². The number of amidine groups is 1. The molecule has 0 aliphatic carbocycles. The summed E-state index contributed by atoms with van der Waals surface area (Å²) in [7, 11) is 0. The van der Waals surface area contributed by atoms with Crippen molar-refractivity contribution in [2.24, 2.45) is 10.9 Å². The van der Waals surface area contributed by atoms with E-state index in [1.165, 1.54) is 0 Å². The zero-order valence-corrected chi connectivity index (χ0v) is 6.30. The highest BCUT2D eigenvalue weighted by molar-refractivity contribution is 7.79. The van der Waals surface area contributed by atoms with Gasteiger partial charge in [0.1, 0.15) is 0 Å². The number of nitriles is 1. The van der Waals surface area contributed by atoms with Gasteiger partial charge in [0.2, 0.25) is 0 Å². The van der Waals surface area contributed by atoms with Crippen LogP contribution in [0.25, 0.3) is 0 Å². The predicted molar refractivity (Wildman–Crippen MR) is 38.0 cm³/mol. The minimum absolute atomic E-state index is 0.117. The fourth-order valence-electron chi connectivity index (χ4n) is 0.535. The van der Waals surface area contributed by atoms with Crippen LogP contribution in [-0.2, 0) is 15.6 Å². The maximum Gasteiger partial charge on any atom is 0.338 e. The highest BCUT2D eigenvalue weighted by Gasteiger charge is 2.20. The van der Waals surface area contributed by atoms with Crippen molar-refractivity contribution in [2.45, 2.75) is 12.5 Å². The van der Waals surface area contributed by atoms with E-state index in [9.17, 15) is 4.21 Å². The van der Waals surface area contributed by atoms with E-state index in [-0.39, 0.29) is 12.3 Å². The van der Waals surface area contributed by atoms with Crippen LogP contribution in [-0.4, -0.2) is 16.1 Å². The first-order valence-corrected chi connectivity index (χ1v) is 3.88. The molecule has 0 saturated heterocycles. The van der Waals surface area contributed by atoms with E-state index in [1.807, 2.05) is 6.07 Å². The van der Waals surface area contributed by atoms with Crippen LogP contribution in [0.1, 0.15) is 6.42 Å². The van der Waals surface area contributed by atoms with Crippen LogP contribution in [0, 0.1) is 11.3 Å². The highest BCUT2D eigenvalue weighted by atomic mass is 32.2. The molecule has 7 heteroatoms. The van der Waals surface area contributed by atoms with Gasteiger partial charge in [-0.1, -0.05) is 0 Å². The molecule has 11 heavy (non-hydrogen) atoms. The third kappa shape index (κ3) is 1.89. The first-order valence-electron chi connectivity index (χ1n) is 2.80. The Kier molecular flexibility index (Phi) is 2.40. The Labute approximate surface area is 65.8 Å². The predicted octanol–water partition coefficient (Wildman–Crippen LogP) is -1.26. The van der Waals surface area contributed by atoms with Crippen LogP contribution in [0.2, 0.25) is 0 Å². The molecule has 0 spiro atoms. The lowest BCUT2D eigenvalue weighted by molar-refractivity contribution is 0.384. The van der Waals surface area contributed by atoms with Crippen LogP contribution in [0.4, 0.5) is 0 Å². The average Bonchev–Trinajstić information content (AvgIpc) is 2.36. The summed E-state index contributed by atoms with van der Waals surface area (Å²) in [5.41, 5.74) is 5.42. The fourth-order valence-corrected chi connectivity index (χ4v) is 1.08. The Balaban J connectivity index is 2.50. The number of nitrogens with one attached hydrogen (secondary N) is 1. The third-order valence-electron chi connectivity index (χ3n) is 1.05. The summed E-state index contributed by atoms with van der Waals surface area (Å²) in [4.78, 5) is 0. The topological polar surface area (TPSA) is 100 Å². The minimum atomic E-state index is -1.62. The number of nitrogens with two attached hydrogens (primary N) is 1. The maximum atomic E-state index is 10.5. The Morgan fingerprint density at radius 2 is 2.73 bits per heavy atom. The SMILES string of the molecule is N#CC[C@H](N)C1=NOS(=O)N1. The Hall–Kier alpha value is -1.13. The van der Waals surface area contributed by atoms with E-state index in [4.69, 9.17) is 11.0 Å². The zero-order valence-electron chi connectivity index (χ0n) is 5.48. The number of nitrogens with zero attached hydrogens (tertiary/aromatic N) is 2. The second-order valence-corrected chi connectivity index (χ2v) is 2.68. The quantitative estimate of drug-likeness (QED) is 0.545. The smallest absolute Gasteiger partial charge is 0.320 e. The second-order valence-electron chi connectivity index (χ2n) is 1.86. The first kappa shape index (κ1) is 7.97. The molecular weight excluding hydrogens is 168 g/mol. The second kappa shape index (κ2) is 3.32. The van der Waals surface area contributed by atoms with Gasteiger partial charge in [-0.3, -0.25) is 9.01 Å². The van der Waals surface area contributed by atoms with Crippen molar-refractivity contribution < 1.29 is 8.49 Å². The molecule has 6 nitrogen and oxygen atoms in total. The maximum absolute atomic E-state index is 10.5. The molecule has 0 saturated carbocycles.